The van der Waals surface area contributed by atoms with Gasteiger partial charge in [-0.25, -0.2) is 0 Å². The number of carbonyl (C=O) groups is 2. The second-order valence-electron chi connectivity index (χ2n) is 7.55. The second kappa shape index (κ2) is 11.1. The van der Waals surface area contributed by atoms with Crippen molar-refractivity contribution >= 4 is 40.6 Å². The van der Waals surface area contributed by atoms with Crippen LogP contribution in [-0.4, -0.2) is 16.7 Å². The SMILES string of the molecule is O=C(Nc1cccc(SC(C(=O)Nc2ccccc2)c2ccccc2)c1)c1cccc([N+](=O)[O-])c1. The molecule has 1 atom stereocenters. The quantitative estimate of drug-likeness (QED) is 0.173. The van der Waals surface area contributed by atoms with Crippen molar-refractivity contribution in [1.82, 2.24) is 0 Å². The van der Waals surface area contributed by atoms with Gasteiger partial charge in [0.15, 0.2) is 0 Å². The molecule has 174 valence electrons. The van der Waals surface area contributed by atoms with E-state index in [0.717, 1.165) is 10.5 Å². The number of nitro benzene ring substituents is 1. The number of hydrogen-bond donors (Lipinski definition) is 2. The van der Waals surface area contributed by atoms with E-state index in [1.807, 2.05) is 66.7 Å². The zero-order chi connectivity index (χ0) is 24.6. The van der Waals surface area contributed by atoms with Gasteiger partial charge in [-0.05, 0) is 42.0 Å². The summed E-state index contributed by atoms with van der Waals surface area (Å²) < 4.78 is 0. The van der Waals surface area contributed by atoms with Gasteiger partial charge in [-0.15, -0.1) is 11.8 Å². The Morgan fingerprint density at radius 1 is 0.743 bits per heavy atom. The van der Waals surface area contributed by atoms with E-state index in [1.54, 1.807) is 18.2 Å². The monoisotopic (exact) mass is 483 g/mol. The topological polar surface area (TPSA) is 101 Å². The van der Waals surface area contributed by atoms with Crippen LogP contribution in [0.25, 0.3) is 0 Å². The third-order valence-corrected chi connectivity index (χ3v) is 6.29. The summed E-state index contributed by atoms with van der Waals surface area (Å²) in [6.45, 7) is 0. The number of rotatable bonds is 8. The Labute approximate surface area is 206 Å². The summed E-state index contributed by atoms with van der Waals surface area (Å²) in [5.41, 5.74) is 2.09. The largest absolute Gasteiger partial charge is 0.325 e. The van der Waals surface area contributed by atoms with Crippen LogP contribution in [0.15, 0.2) is 114 Å². The van der Waals surface area contributed by atoms with Crippen molar-refractivity contribution < 1.29 is 14.5 Å². The van der Waals surface area contributed by atoms with Crippen LogP contribution in [0.5, 0.6) is 0 Å². The van der Waals surface area contributed by atoms with E-state index in [2.05, 4.69) is 10.6 Å². The molecule has 2 amide bonds. The average Bonchev–Trinajstić information content (AvgIpc) is 2.88. The maximum Gasteiger partial charge on any atom is 0.270 e. The molecule has 0 heterocycles. The highest BCUT2D eigenvalue weighted by molar-refractivity contribution is 8.00. The molecule has 4 aromatic carbocycles. The van der Waals surface area contributed by atoms with Gasteiger partial charge < -0.3 is 10.6 Å². The van der Waals surface area contributed by atoms with Crippen LogP contribution in [0.1, 0.15) is 21.2 Å². The van der Waals surface area contributed by atoms with Crippen molar-refractivity contribution in [2.45, 2.75) is 10.1 Å². The molecule has 0 fully saturated rings. The van der Waals surface area contributed by atoms with Gasteiger partial charge in [-0.2, -0.15) is 0 Å². The number of anilines is 2. The zero-order valence-corrected chi connectivity index (χ0v) is 19.3. The average molecular weight is 484 g/mol. The van der Waals surface area contributed by atoms with Crippen LogP contribution in [0.4, 0.5) is 17.1 Å². The summed E-state index contributed by atoms with van der Waals surface area (Å²) in [4.78, 5) is 37.1. The third kappa shape index (κ3) is 6.33. The molecule has 0 saturated heterocycles. The minimum absolute atomic E-state index is 0.155. The van der Waals surface area contributed by atoms with Gasteiger partial charge in [0.05, 0.1) is 4.92 Å². The van der Waals surface area contributed by atoms with Crippen molar-refractivity contribution in [3.05, 3.63) is 130 Å². The molecule has 35 heavy (non-hydrogen) atoms. The van der Waals surface area contributed by atoms with E-state index in [-0.39, 0.29) is 17.2 Å². The highest BCUT2D eigenvalue weighted by atomic mass is 32.2. The number of non-ortho nitro benzene ring substituents is 1. The lowest BCUT2D eigenvalue weighted by Crippen LogP contribution is -2.19. The van der Waals surface area contributed by atoms with Crippen LogP contribution in [0.2, 0.25) is 0 Å². The molecule has 2 N–H and O–H groups in total. The molecule has 0 saturated carbocycles. The lowest BCUT2D eigenvalue weighted by atomic mass is 10.1. The molecular weight excluding hydrogens is 462 g/mol. The predicted octanol–water partition coefficient (Wildman–Crippen LogP) is 6.32. The maximum absolute atomic E-state index is 13.2. The van der Waals surface area contributed by atoms with Crippen LogP contribution in [0.3, 0.4) is 0 Å². The molecule has 0 aliphatic carbocycles. The first-order valence-electron chi connectivity index (χ1n) is 10.7. The van der Waals surface area contributed by atoms with E-state index < -0.39 is 16.1 Å². The Kier molecular flexibility index (Phi) is 7.54. The summed E-state index contributed by atoms with van der Waals surface area (Å²) in [7, 11) is 0. The molecule has 0 aliphatic heterocycles. The van der Waals surface area contributed by atoms with E-state index in [0.29, 0.717) is 11.4 Å². The molecule has 4 rings (SSSR count). The summed E-state index contributed by atoms with van der Waals surface area (Å²) in [6.07, 6.45) is 0. The number of hydrogen-bond acceptors (Lipinski definition) is 5. The van der Waals surface area contributed by atoms with Crippen molar-refractivity contribution in [2.24, 2.45) is 0 Å². The molecule has 4 aromatic rings. The van der Waals surface area contributed by atoms with Crippen LogP contribution < -0.4 is 10.6 Å². The van der Waals surface area contributed by atoms with E-state index in [1.165, 1.54) is 36.0 Å². The van der Waals surface area contributed by atoms with Gasteiger partial charge in [-0.1, -0.05) is 60.7 Å². The Morgan fingerprint density at radius 2 is 1.40 bits per heavy atom. The molecule has 0 spiro atoms. The number of thioether (sulfide) groups is 1. The number of carbonyl (C=O) groups excluding carboxylic acids is 2. The van der Waals surface area contributed by atoms with Gasteiger partial charge in [0.2, 0.25) is 5.91 Å². The van der Waals surface area contributed by atoms with E-state index in [9.17, 15) is 19.7 Å². The fourth-order valence-corrected chi connectivity index (χ4v) is 4.46. The fraction of sp³-hybridized carbons (Fsp3) is 0.0370. The van der Waals surface area contributed by atoms with Crippen molar-refractivity contribution in [1.29, 1.82) is 0 Å². The predicted molar refractivity (Wildman–Crippen MR) is 138 cm³/mol. The smallest absolute Gasteiger partial charge is 0.270 e. The summed E-state index contributed by atoms with van der Waals surface area (Å²) in [5.74, 6) is -0.629. The normalized spacial score (nSPS) is 11.3. The number of amides is 2. The molecule has 0 aliphatic rings. The molecule has 1 unspecified atom stereocenters. The van der Waals surface area contributed by atoms with Gasteiger partial charge in [0.1, 0.15) is 5.25 Å². The van der Waals surface area contributed by atoms with E-state index >= 15 is 0 Å². The zero-order valence-electron chi connectivity index (χ0n) is 18.5. The third-order valence-electron chi connectivity index (χ3n) is 5.05. The molecule has 0 radical (unpaired) electrons. The fourth-order valence-electron chi connectivity index (χ4n) is 3.38. The van der Waals surface area contributed by atoms with Gasteiger partial charge >= 0.3 is 0 Å². The lowest BCUT2D eigenvalue weighted by molar-refractivity contribution is -0.384. The minimum Gasteiger partial charge on any atom is -0.325 e. The van der Waals surface area contributed by atoms with Crippen molar-refractivity contribution in [3.8, 4) is 0 Å². The second-order valence-corrected chi connectivity index (χ2v) is 8.73. The summed E-state index contributed by atoms with van der Waals surface area (Å²) in [6, 6.07) is 31.4. The standard InChI is InChI=1S/C27H21N3O4S/c31-26(20-11-7-15-23(17-20)30(33)34)29-22-14-8-16-24(18-22)35-25(19-9-3-1-4-10-19)27(32)28-21-12-5-2-6-13-21/h1-18,25H,(H,28,32)(H,29,31). The first kappa shape index (κ1) is 23.7. The molecule has 7 nitrogen and oxygen atoms in total. The number of para-hydroxylation sites is 1. The lowest BCUT2D eigenvalue weighted by Gasteiger charge is -2.17. The minimum atomic E-state index is -0.543. The molecular formula is C27H21N3O4S. The van der Waals surface area contributed by atoms with Crippen LogP contribution in [0, 0.1) is 10.1 Å². The highest BCUT2D eigenvalue weighted by Gasteiger charge is 2.22. The molecule has 0 aromatic heterocycles. The molecule has 0 bridgehead atoms. The van der Waals surface area contributed by atoms with Crippen molar-refractivity contribution in [2.75, 3.05) is 10.6 Å². The number of benzene rings is 4. The van der Waals surface area contributed by atoms with Gasteiger partial charge in [0.25, 0.3) is 11.6 Å². The Bertz CT molecular complexity index is 1350. The van der Waals surface area contributed by atoms with Crippen LogP contribution >= 0.6 is 11.8 Å². The number of nitrogens with zero attached hydrogens (tertiary/aromatic N) is 1. The first-order chi connectivity index (χ1) is 17.0. The number of nitro groups is 1. The van der Waals surface area contributed by atoms with Crippen molar-refractivity contribution in [3.63, 3.8) is 0 Å². The van der Waals surface area contributed by atoms with Gasteiger partial charge in [-0.3, -0.25) is 19.7 Å². The summed E-state index contributed by atoms with van der Waals surface area (Å²) >= 11 is 1.36. The number of nitrogens with one attached hydrogen (secondary N) is 2. The maximum atomic E-state index is 13.2. The van der Waals surface area contributed by atoms with Crippen LogP contribution in [-0.2, 0) is 4.79 Å². The van der Waals surface area contributed by atoms with E-state index in [4.69, 9.17) is 0 Å². The first-order valence-corrected chi connectivity index (χ1v) is 11.6. The Morgan fingerprint density at radius 3 is 2.11 bits per heavy atom. The summed E-state index contributed by atoms with van der Waals surface area (Å²) in [5, 5.41) is 16.2. The highest BCUT2D eigenvalue weighted by Crippen LogP contribution is 2.37. The molecule has 8 heteroatoms. The Hall–Kier alpha value is -4.43. The Balaban J connectivity index is 1.53. The van der Waals surface area contributed by atoms with Gasteiger partial charge in [0, 0.05) is 34.0 Å².